The van der Waals surface area contributed by atoms with Gasteiger partial charge in [-0.2, -0.15) is 0 Å². The van der Waals surface area contributed by atoms with Gasteiger partial charge in [-0.3, -0.25) is 9.69 Å². The topological polar surface area (TPSA) is 20.3 Å². The molecule has 0 saturated carbocycles. The second-order valence-electron chi connectivity index (χ2n) is 5.12. The Morgan fingerprint density at radius 2 is 2.00 bits per heavy atom. The van der Waals surface area contributed by atoms with E-state index in [2.05, 4.69) is 0 Å². The molecule has 0 fully saturated rings. The average Bonchev–Trinajstić information content (AvgIpc) is 2.77. The van der Waals surface area contributed by atoms with Gasteiger partial charge in [-0.25, -0.2) is 0 Å². The van der Waals surface area contributed by atoms with Crippen LogP contribution in [0.3, 0.4) is 0 Å². The number of thiophene rings is 1. The van der Waals surface area contributed by atoms with Crippen LogP contribution in [0.25, 0.3) is 0 Å². The lowest BCUT2D eigenvalue weighted by Crippen LogP contribution is -2.25. The van der Waals surface area contributed by atoms with Crippen molar-refractivity contribution in [2.75, 3.05) is 13.6 Å². The SMILES string of the molecule is Cc1ccc(C)c(C(=O)CN(C)Cc2ccc(Cl)s2)c1. The van der Waals surface area contributed by atoms with Crippen LogP contribution in [0.1, 0.15) is 26.4 Å². The predicted molar refractivity (Wildman–Crippen MR) is 85.9 cm³/mol. The van der Waals surface area contributed by atoms with Crippen molar-refractivity contribution in [2.45, 2.75) is 20.4 Å². The second-order valence-corrected chi connectivity index (χ2v) is 6.92. The lowest BCUT2D eigenvalue weighted by molar-refractivity contribution is 0.0943. The Kier molecular flexibility index (Phi) is 4.97. The maximum atomic E-state index is 12.4. The fourth-order valence-corrected chi connectivity index (χ4v) is 3.29. The fraction of sp³-hybridized carbons (Fsp3) is 0.312. The summed E-state index contributed by atoms with van der Waals surface area (Å²) in [5.74, 6) is 0.163. The van der Waals surface area contributed by atoms with Gasteiger partial charge in [0.25, 0.3) is 0 Å². The summed E-state index contributed by atoms with van der Waals surface area (Å²) in [5, 5.41) is 0. The molecule has 2 rings (SSSR count). The van der Waals surface area contributed by atoms with Crippen molar-refractivity contribution in [3.8, 4) is 0 Å². The van der Waals surface area contributed by atoms with Crippen LogP contribution in [0, 0.1) is 13.8 Å². The number of benzene rings is 1. The molecule has 106 valence electrons. The number of nitrogens with zero attached hydrogens (tertiary/aromatic N) is 1. The van der Waals surface area contributed by atoms with E-state index in [9.17, 15) is 4.79 Å². The number of Topliss-reactive ketones (excluding diaryl/α,β-unsaturated/α-hetero) is 1. The number of likely N-dealkylation sites (N-methyl/N-ethyl adjacent to an activating group) is 1. The minimum absolute atomic E-state index is 0.163. The van der Waals surface area contributed by atoms with E-state index in [1.807, 2.05) is 56.1 Å². The van der Waals surface area contributed by atoms with Gasteiger partial charge in [-0.05, 0) is 44.7 Å². The van der Waals surface area contributed by atoms with Gasteiger partial charge in [0.15, 0.2) is 5.78 Å². The third-order valence-corrected chi connectivity index (χ3v) is 4.38. The molecule has 2 nitrogen and oxygen atoms in total. The smallest absolute Gasteiger partial charge is 0.177 e. The molecule has 2 aromatic rings. The van der Waals surface area contributed by atoms with Crippen LogP contribution in [0.4, 0.5) is 0 Å². The summed E-state index contributed by atoms with van der Waals surface area (Å²) in [5.41, 5.74) is 2.97. The third kappa shape index (κ3) is 3.92. The Balaban J connectivity index is 2.02. The van der Waals surface area contributed by atoms with Crippen molar-refractivity contribution >= 4 is 28.7 Å². The highest BCUT2D eigenvalue weighted by molar-refractivity contribution is 7.16. The molecule has 0 atom stereocenters. The summed E-state index contributed by atoms with van der Waals surface area (Å²) in [6.45, 7) is 5.15. The zero-order valence-electron chi connectivity index (χ0n) is 11.9. The Bertz CT molecular complexity index is 621. The van der Waals surface area contributed by atoms with Crippen molar-refractivity contribution in [1.29, 1.82) is 0 Å². The van der Waals surface area contributed by atoms with E-state index >= 15 is 0 Å². The summed E-state index contributed by atoms with van der Waals surface area (Å²) < 4.78 is 0.786. The van der Waals surface area contributed by atoms with E-state index in [0.29, 0.717) is 6.54 Å². The molecule has 0 bridgehead atoms. The highest BCUT2D eigenvalue weighted by Gasteiger charge is 2.13. The minimum atomic E-state index is 0.163. The first kappa shape index (κ1) is 15.2. The van der Waals surface area contributed by atoms with Crippen molar-refractivity contribution < 1.29 is 4.79 Å². The molecule has 0 aliphatic heterocycles. The number of carbonyl (C=O) groups is 1. The molecular formula is C16H18ClNOS. The Morgan fingerprint density at radius 3 is 2.65 bits per heavy atom. The molecule has 0 amide bonds. The number of hydrogen-bond acceptors (Lipinski definition) is 3. The van der Waals surface area contributed by atoms with E-state index in [1.54, 1.807) is 11.3 Å². The first-order valence-electron chi connectivity index (χ1n) is 6.49. The third-order valence-electron chi connectivity index (χ3n) is 3.16. The summed E-state index contributed by atoms with van der Waals surface area (Å²) >= 11 is 7.47. The minimum Gasteiger partial charge on any atom is -0.294 e. The molecule has 0 aliphatic rings. The van der Waals surface area contributed by atoms with Gasteiger partial charge in [0.05, 0.1) is 10.9 Å². The Hall–Kier alpha value is -1.16. The average molecular weight is 308 g/mol. The van der Waals surface area contributed by atoms with Gasteiger partial charge in [0.1, 0.15) is 0 Å². The number of ketones is 1. The van der Waals surface area contributed by atoms with Crippen molar-refractivity contribution in [2.24, 2.45) is 0 Å². The van der Waals surface area contributed by atoms with Crippen LogP contribution in [0.15, 0.2) is 30.3 Å². The van der Waals surface area contributed by atoms with E-state index in [1.165, 1.54) is 4.88 Å². The van der Waals surface area contributed by atoms with Gasteiger partial charge in [-0.15, -0.1) is 11.3 Å². The molecule has 0 N–H and O–H groups in total. The summed E-state index contributed by atoms with van der Waals surface area (Å²) in [7, 11) is 1.96. The first-order valence-corrected chi connectivity index (χ1v) is 7.68. The van der Waals surface area contributed by atoms with E-state index in [-0.39, 0.29) is 5.78 Å². The molecular weight excluding hydrogens is 290 g/mol. The van der Waals surface area contributed by atoms with Crippen LogP contribution < -0.4 is 0 Å². The highest BCUT2D eigenvalue weighted by Crippen LogP contribution is 2.22. The quantitative estimate of drug-likeness (QED) is 0.766. The van der Waals surface area contributed by atoms with Gasteiger partial charge in [0.2, 0.25) is 0 Å². The number of halogens is 1. The lowest BCUT2D eigenvalue weighted by atomic mass is 10.0. The molecule has 1 heterocycles. The summed E-state index contributed by atoms with van der Waals surface area (Å²) in [4.78, 5) is 15.6. The monoisotopic (exact) mass is 307 g/mol. The molecule has 1 aromatic heterocycles. The van der Waals surface area contributed by atoms with Gasteiger partial charge in [-0.1, -0.05) is 29.3 Å². The maximum absolute atomic E-state index is 12.4. The first-order chi connectivity index (χ1) is 9.45. The zero-order valence-corrected chi connectivity index (χ0v) is 13.5. The fourth-order valence-electron chi connectivity index (χ4n) is 2.13. The van der Waals surface area contributed by atoms with Crippen LogP contribution in [0.5, 0.6) is 0 Å². The van der Waals surface area contributed by atoms with E-state index < -0.39 is 0 Å². The number of carbonyl (C=O) groups excluding carboxylic acids is 1. The summed E-state index contributed by atoms with van der Waals surface area (Å²) in [6.07, 6.45) is 0. The molecule has 4 heteroatoms. The molecule has 0 aliphatic carbocycles. The van der Waals surface area contributed by atoms with Crippen molar-refractivity contribution in [1.82, 2.24) is 4.90 Å². The number of aryl methyl sites for hydroxylation is 2. The number of rotatable bonds is 5. The molecule has 0 spiro atoms. The van der Waals surface area contributed by atoms with Crippen molar-refractivity contribution in [3.63, 3.8) is 0 Å². The maximum Gasteiger partial charge on any atom is 0.177 e. The van der Waals surface area contributed by atoms with E-state index in [0.717, 1.165) is 27.6 Å². The van der Waals surface area contributed by atoms with Crippen molar-refractivity contribution in [3.05, 3.63) is 56.2 Å². The van der Waals surface area contributed by atoms with Crippen LogP contribution >= 0.6 is 22.9 Å². The van der Waals surface area contributed by atoms with E-state index in [4.69, 9.17) is 11.6 Å². The zero-order chi connectivity index (χ0) is 14.7. The van der Waals surface area contributed by atoms with Gasteiger partial charge >= 0.3 is 0 Å². The second kappa shape index (κ2) is 6.53. The summed E-state index contributed by atoms with van der Waals surface area (Å²) in [6, 6.07) is 9.90. The van der Waals surface area contributed by atoms with Crippen LogP contribution in [-0.4, -0.2) is 24.3 Å². The predicted octanol–water partition coefficient (Wildman–Crippen LogP) is 4.33. The molecule has 0 saturated heterocycles. The lowest BCUT2D eigenvalue weighted by Gasteiger charge is -2.15. The molecule has 20 heavy (non-hydrogen) atoms. The Morgan fingerprint density at radius 1 is 1.25 bits per heavy atom. The largest absolute Gasteiger partial charge is 0.294 e. The molecule has 0 radical (unpaired) electrons. The van der Waals surface area contributed by atoms with Crippen LogP contribution in [-0.2, 0) is 6.54 Å². The van der Waals surface area contributed by atoms with Gasteiger partial charge < -0.3 is 0 Å². The van der Waals surface area contributed by atoms with Crippen LogP contribution in [0.2, 0.25) is 4.34 Å². The number of hydrogen-bond donors (Lipinski definition) is 0. The highest BCUT2D eigenvalue weighted by atomic mass is 35.5. The normalized spacial score (nSPS) is 11.1. The Labute approximate surface area is 129 Å². The molecule has 1 aromatic carbocycles. The van der Waals surface area contributed by atoms with Gasteiger partial charge in [0, 0.05) is 17.0 Å². The standard InChI is InChI=1S/C16H18ClNOS/c1-11-4-5-12(2)14(8-11)15(19)10-18(3)9-13-6-7-16(17)20-13/h4-8H,9-10H2,1-3H3. The molecule has 0 unspecified atom stereocenters.